The quantitative estimate of drug-likeness (QED) is 0.591. The van der Waals surface area contributed by atoms with Gasteiger partial charge in [-0.3, -0.25) is 4.79 Å². The number of fused-ring (bicyclic) bond motifs is 1. The lowest BCUT2D eigenvalue weighted by molar-refractivity contribution is -0.124. The zero-order chi connectivity index (χ0) is 20.1. The smallest absolute Gasteiger partial charge is 0.222 e. The molecule has 0 aliphatic rings. The minimum atomic E-state index is -0.0382. The van der Waals surface area contributed by atoms with Crippen LogP contribution in [0.25, 0.3) is 11.0 Å². The zero-order valence-electron chi connectivity index (χ0n) is 17.2. The van der Waals surface area contributed by atoms with Crippen LogP contribution in [0.4, 0.5) is 0 Å². The topological polar surface area (TPSA) is 56.1 Å². The number of rotatable bonds is 8. The normalized spacial score (nSPS) is 11.2. The van der Waals surface area contributed by atoms with E-state index in [4.69, 9.17) is 9.72 Å². The molecule has 0 aliphatic heterocycles. The van der Waals surface area contributed by atoms with Crippen molar-refractivity contribution >= 4 is 16.9 Å². The molecule has 5 nitrogen and oxygen atoms in total. The average Bonchev–Trinajstić information content (AvgIpc) is 3.03. The number of amides is 1. The molecule has 0 bridgehead atoms. The van der Waals surface area contributed by atoms with E-state index < -0.39 is 0 Å². The van der Waals surface area contributed by atoms with Crippen molar-refractivity contribution in [3.63, 3.8) is 0 Å². The van der Waals surface area contributed by atoms with Gasteiger partial charge in [0.05, 0.1) is 24.2 Å². The van der Waals surface area contributed by atoms with E-state index in [2.05, 4.69) is 48.0 Å². The predicted molar refractivity (Wildman–Crippen MR) is 112 cm³/mol. The zero-order valence-corrected chi connectivity index (χ0v) is 17.2. The van der Waals surface area contributed by atoms with Gasteiger partial charge < -0.3 is 14.6 Å². The fraction of sp³-hybridized carbons (Fsp3) is 0.391. The molecule has 0 aliphatic carbocycles. The van der Waals surface area contributed by atoms with Gasteiger partial charge in [-0.15, -0.1) is 0 Å². The summed E-state index contributed by atoms with van der Waals surface area (Å²) in [5, 5.41) is 2.98. The molecule has 0 atom stereocenters. The number of aromatic nitrogens is 2. The van der Waals surface area contributed by atoms with E-state index in [1.165, 1.54) is 5.56 Å². The number of nitrogens with zero attached hydrogens (tertiary/aromatic N) is 2. The number of benzene rings is 2. The summed E-state index contributed by atoms with van der Waals surface area (Å²) in [6.45, 7) is 9.78. The van der Waals surface area contributed by atoms with E-state index in [1.807, 2.05) is 32.0 Å². The van der Waals surface area contributed by atoms with Gasteiger partial charge in [0.15, 0.2) is 0 Å². The van der Waals surface area contributed by atoms with E-state index in [9.17, 15) is 4.79 Å². The van der Waals surface area contributed by atoms with Crippen LogP contribution in [0.2, 0.25) is 0 Å². The molecule has 3 rings (SSSR count). The molecular formula is C23H29N3O2. The van der Waals surface area contributed by atoms with Crippen molar-refractivity contribution < 1.29 is 9.53 Å². The Bertz CT molecular complexity index is 960. The van der Waals surface area contributed by atoms with Crippen molar-refractivity contribution in [2.45, 2.75) is 47.2 Å². The van der Waals surface area contributed by atoms with Gasteiger partial charge in [-0.05, 0) is 49.6 Å². The Labute approximate surface area is 166 Å². The van der Waals surface area contributed by atoms with Crippen molar-refractivity contribution in [3.05, 3.63) is 59.4 Å². The summed E-state index contributed by atoms with van der Waals surface area (Å²) >= 11 is 0. The Morgan fingerprint density at radius 1 is 1.18 bits per heavy atom. The standard InChI is InChI=1S/C23H29N3O2/c1-16(2)23(27)24-15-22-25-19-8-5-6-9-20(19)26(22)12-7-13-28-21-14-17(3)10-11-18(21)4/h5-6,8-11,14,16H,7,12-13,15H2,1-4H3,(H,24,27). The van der Waals surface area contributed by atoms with E-state index >= 15 is 0 Å². The molecule has 1 N–H and O–H groups in total. The summed E-state index contributed by atoms with van der Waals surface area (Å²) in [6, 6.07) is 14.3. The lowest BCUT2D eigenvalue weighted by Crippen LogP contribution is -2.28. The molecule has 148 valence electrons. The molecule has 0 fully saturated rings. The molecule has 1 aromatic heterocycles. The van der Waals surface area contributed by atoms with Crippen LogP contribution in [0.1, 0.15) is 37.2 Å². The third kappa shape index (κ3) is 4.71. The highest BCUT2D eigenvalue weighted by Crippen LogP contribution is 2.20. The van der Waals surface area contributed by atoms with Crippen molar-refractivity contribution in [1.29, 1.82) is 0 Å². The molecule has 0 saturated heterocycles. The second-order valence-corrected chi connectivity index (χ2v) is 7.51. The van der Waals surface area contributed by atoms with Gasteiger partial charge in [0.2, 0.25) is 5.91 Å². The van der Waals surface area contributed by atoms with Gasteiger partial charge in [0.25, 0.3) is 0 Å². The molecule has 1 amide bonds. The molecule has 3 aromatic rings. The number of hydrogen-bond donors (Lipinski definition) is 1. The summed E-state index contributed by atoms with van der Waals surface area (Å²) in [6.07, 6.45) is 0.860. The SMILES string of the molecule is Cc1ccc(C)c(OCCCn2c(CNC(=O)C(C)C)nc3ccccc32)c1. The Balaban J connectivity index is 1.68. The van der Waals surface area contributed by atoms with Crippen molar-refractivity contribution in [2.75, 3.05) is 6.61 Å². The summed E-state index contributed by atoms with van der Waals surface area (Å²) in [4.78, 5) is 16.7. The summed E-state index contributed by atoms with van der Waals surface area (Å²) in [7, 11) is 0. The van der Waals surface area contributed by atoms with Gasteiger partial charge in [-0.1, -0.05) is 38.1 Å². The van der Waals surface area contributed by atoms with Crippen LogP contribution in [-0.4, -0.2) is 22.1 Å². The van der Waals surface area contributed by atoms with Crippen LogP contribution in [0.15, 0.2) is 42.5 Å². The number of para-hydroxylation sites is 2. The minimum Gasteiger partial charge on any atom is -0.493 e. The first-order chi connectivity index (χ1) is 13.5. The summed E-state index contributed by atoms with van der Waals surface area (Å²) < 4.78 is 8.18. The number of nitrogens with one attached hydrogen (secondary N) is 1. The number of carbonyl (C=O) groups excluding carboxylic acids is 1. The molecule has 1 heterocycles. The van der Waals surface area contributed by atoms with Gasteiger partial charge in [0.1, 0.15) is 11.6 Å². The van der Waals surface area contributed by atoms with E-state index in [0.717, 1.165) is 41.1 Å². The average molecular weight is 380 g/mol. The third-order valence-corrected chi connectivity index (χ3v) is 4.81. The fourth-order valence-corrected chi connectivity index (χ4v) is 3.15. The highest BCUT2D eigenvalue weighted by atomic mass is 16.5. The number of carbonyl (C=O) groups is 1. The number of hydrogen-bond acceptors (Lipinski definition) is 3. The largest absolute Gasteiger partial charge is 0.493 e. The number of ether oxygens (including phenoxy) is 1. The molecule has 5 heteroatoms. The van der Waals surface area contributed by atoms with E-state index in [1.54, 1.807) is 0 Å². The third-order valence-electron chi connectivity index (χ3n) is 4.81. The summed E-state index contributed by atoms with van der Waals surface area (Å²) in [5.74, 6) is 1.82. The van der Waals surface area contributed by atoms with Crippen LogP contribution in [0.3, 0.4) is 0 Å². The molecule has 0 spiro atoms. The second kappa shape index (κ2) is 8.91. The van der Waals surface area contributed by atoms with Crippen molar-refractivity contribution in [3.8, 4) is 5.75 Å². The second-order valence-electron chi connectivity index (χ2n) is 7.51. The van der Waals surface area contributed by atoms with Gasteiger partial charge in [-0.25, -0.2) is 4.98 Å². The van der Waals surface area contributed by atoms with Gasteiger partial charge in [0, 0.05) is 12.5 Å². The maximum absolute atomic E-state index is 12.0. The van der Waals surface area contributed by atoms with Crippen LogP contribution < -0.4 is 10.1 Å². The van der Waals surface area contributed by atoms with E-state index in [-0.39, 0.29) is 11.8 Å². The monoisotopic (exact) mass is 379 g/mol. The van der Waals surface area contributed by atoms with Gasteiger partial charge in [-0.2, -0.15) is 0 Å². The van der Waals surface area contributed by atoms with Crippen LogP contribution in [0.5, 0.6) is 5.75 Å². The van der Waals surface area contributed by atoms with E-state index in [0.29, 0.717) is 13.2 Å². The number of imidazole rings is 1. The fourth-order valence-electron chi connectivity index (χ4n) is 3.15. The Hall–Kier alpha value is -2.82. The number of aryl methyl sites for hydroxylation is 3. The molecule has 0 saturated carbocycles. The van der Waals surface area contributed by atoms with Crippen LogP contribution in [-0.2, 0) is 17.9 Å². The molecule has 0 radical (unpaired) electrons. The Kier molecular flexibility index (Phi) is 6.34. The lowest BCUT2D eigenvalue weighted by Gasteiger charge is -2.13. The van der Waals surface area contributed by atoms with Crippen molar-refractivity contribution in [1.82, 2.24) is 14.9 Å². The molecule has 28 heavy (non-hydrogen) atoms. The molecule has 0 unspecified atom stereocenters. The molecule has 2 aromatic carbocycles. The first-order valence-corrected chi connectivity index (χ1v) is 9.87. The first kappa shape index (κ1) is 19.9. The Morgan fingerprint density at radius 3 is 2.75 bits per heavy atom. The predicted octanol–water partition coefficient (Wildman–Crippen LogP) is 4.39. The van der Waals surface area contributed by atoms with Crippen LogP contribution >= 0.6 is 0 Å². The highest BCUT2D eigenvalue weighted by molar-refractivity contribution is 5.78. The van der Waals surface area contributed by atoms with Crippen LogP contribution in [0, 0.1) is 19.8 Å². The first-order valence-electron chi connectivity index (χ1n) is 9.87. The summed E-state index contributed by atoms with van der Waals surface area (Å²) in [5.41, 5.74) is 4.38. The van der Waals surface area contributed by atoms with Gasteiger partial charge >= 0.3 is 0 Å². The maximum Gasteiger partial charge on any atom is 0.222 e. The lowest BCUT2D eigenvalue weighted by atomic mass is 10.1. The van der Waals surface area contributed by atoms with Crippen molar-refractivity contribution in [2.24, 2.45) is 5.92 Å². The minimum absolute atomic E-state index is 0.0382. The molecular weight excluding hydrogens is 350 g/mol. The Morgan fingerprint density at radius 2 is 1.96 bits per heavy atom. The maximum atomic E-state index is 12.0. The highest BCUT2D eigenvalue weighted by Gasteiger charge is 2.13.